The number of hydrogen-bond donors (Lipinski definition) is 0. The molecule has 1 aliphatic heterocycles. The number of piperidine rings is 1. The Bertz CT molecular complexity index is 1040. The van der Waals surface area contributed by atoms with Crippen LogP contribution in [-0.4, -0.2) is 37.6 Å². The average Bonchev–Trinajstić information content (AvgIpc) is 3.62. The number of nitrogens with zero attached hydrogens (tertiary/aromatic N) is 6. The second-order valence-electron chi connectivity index (χ2n) is 7.97. The fraction of sp³-hybridized carbons (Fsp3) is 0.409. The maximum Gasteiger partial charge on any atom is 0.253 e. The molecule has 7 nitrogen and oxygen atoms in total. The molecule has 3 aromatic heterocycles. The highest BCUT2D eigenvalue weighted by atomic mass is 16.1. The zero-order chi connectivity index (χ0) is 19.6. The van der Waals surface area contributed by atoms with Crippen LogP contribution in [0, 0.1) is 5.92 Å². The van der Waals surface area contributed by atoms with E-state index < -0.39 is 0 Å². The van der Waals surface area contributed by atoms with Crippen molar-refractivity contribution in [3.8, 4) is 11.3 Å². The van der Waals surface area contributed by atoms with Gasteiger partial charge in [0.25, 0.3) is 5.56 Å². The second kappa shape index (κ2) is 7.73. The lowest BCUT2D eigenvalue weighted by Crippen LogP contribution is -2.37. The minimum absolute atomic E-state index is 0.000752. The van der Waals surface area contributed by atoms with E-state index in [-0.39, 0.29) is 5.56 Å². The van der Waals surface area contributed by atoms with E-state index in [9.17, 15) is 4.79 Å². The molecule has 0 atom stereocenters. The highest BCUT2D eigenvalue weighted by Gasteiger charge is 2.31. The second-order valence-corrected chi connectivity index (χ2v) is 7.97. The van der Waals surface area contributed by atoms with E-state index >= 15 is 0 Å². The van der Waals surface area contributed by atoms with Crippen LogP contribution >= 0.6 is 0 Å². The maximum atomic E-state index is 12.6. The van der Waals surface area contributed by atoms with Gasteiger partial charge in [0.05, 0.1) is 17.7 Å². The smallest absolute Gasteiger partial charge is 0.253 e. The number of anilines is 1. The van der Waals surface area contributed by atoms with E-state index in [2.05, 4.69) is 24.8 Å². The molecule has 2 fully saturated rings. The monoisotopic (exact) mass is 388 g/mol. The molecule has 0 aromatic carbocycles. The third kappa shape index (κ3) is 3.90. The first-order chi connectivity index (χ1) is 14.3. The summed E-state index contributed by atoms with van der Waals surface area (Å²) in [7, 11) is 0. The molecule has 4 heterocycles. The van der Waals surface area contributed by atoms with Crippen molar-refractivity contribution in [2.45, 2.75) is 38.1 Å². The van der Waals surface area contributed by atoms with Crippen LogP contribution in [0.2, 0.25) is 0 Å². The van der Waals surface area contributed by atoms with Gasteiger partial charge in [-0.3, -0.25) is 19.3 Å². The van der Waals surface area contributed by atoms with Crippen molar-refractivity contribution in [3.05, 3.63) is 65.4 Å². The fourth-order valence-electron chi connectivity index (χ4n) is 4.08. The van der Waals surface area contributed by atoms with Gasteiger partial charge in [-0.1, -0.05) is 0 Å². The third-order valence-corrected chi connectivity index (χ3v) is 5.89. The van der Waals surface area contributed by atoms with Crippen molar-refractivity contribution in [2.75, 3.05) is 18.0 Å². The van der Waals surface area contributed by atoms with Crippen molar-refractivity contribution >= 4 is 5.82 Å². The van der Waals surface area contributed by atoms with Crippen LogP contribution in [0.5, 0.6) is 0 Å². The van der Waals surface area contributed by atoms with Gasteiger partial charge in [0.15, 0.2) is 5.82 Å². The molecular formula is C22H24N6O. The summed E-state index contributed by atoms with van der Waals surface area (Å²) in [5, 5.41) is 0. The van der Waals surface area contributed by atoms with Gasteiger partial charge in [-0.15, -0.1) is 0 Å². The SMILES string of the molecule is O=c1cc(-c2ccncc2)ncn1CC1CCN(c2nccnc2C2CC2)CC1. The summed E-state index contributed by atoms with van der Waals surface area (Å²) in [5.74, 6) is 2.13. The lowest BCUT2D eigenvalue weighted by molar-refractivity contribution is 0.350. The average molecular weight is 388 g/mol. The Morgan fingerprint density at radius 2 is 1.69 bits per heavy atom. The van der Waals surface area contributed by atoms with Crippen LogP contribution in [0.1, 0.15) is 37.3 Å². The molecule has 0 amide bonds. The van der Waals surface area contributed by atoms with Crippen molar-refractivity contribution in [3.63, 3.8) is 0 Å². The summed E-state index contributed by atoms with van der Waals surface area (Å²) in [6.45, 7) is 2.63. The highest BCUT2D eigenvalue weighted by Crippen LogP contribution is 2.42. The van der Waals surface area contributed by atoms with Crippen LogP contribution < -0.4 is 10.5 Å². The molecule has 5 rings (SSSR count). The van der Waals surface area contributed by atoms with Crippen molar-refractivity contribution in [1.29, 1.82) is 0 Å². The third-order valence-electron chi connectivity index (χ3n) is 5.89. The number of aromatic nitrogens is 5. The largest absolute Gasteiger partial charge is 0.355 e. The van der Waals surface area contributed by atoms with Crippen molar-refractivity contribution in [1.82, 2.24) is 24.5 Å². The first-order valence-corrected chi connectivity index (χ1v) is 10.3. The van der Waals surface area contributed by atoms with Gasteiger partial charge in [-0.05, 0) is 43.7 Å². The minimum Gasteiger partial charge on any atom is -0.355 e. The minimum atomic E-state index is -0.000752. The van der Waals surface area contributed by atoms with E-state index in [0.717, 1.165) is 43.0 Å². The van der Waals surface area contributed by atoms with Gasteiger partial charge in [-0.25, -0.2) is 9.97 Å². The molecule has 0 radical (unpaired) electrons. The van der Waals surface area contributed by atoms with Crippen LogP contribution in [0.3, 0.4) is 0 Å². The van der Waals surface area contributed by atoms with E-state index in [1.807, 2.05) is 12.1 Å². The van der Waals surface area contributed by atoms with Crippen molar-refractivity contribution in [2.24, 2.45) is 5.92 Å². The lowest BCUT2D eigenvalue weighted by Gasteiger charge is -2.33. The Morgan fingerprint density at radius 1 is 0.931 bits per heavy atom. The topological polar surface area (TPSA) is 76.8 Å². The number of pyridine rings is 1. The van der Waals surface area contributed by atoms with Gasteiger partial charge in [0.1, 0.15) is 0 Å². The van der Waals surface area contributed by atoms with E-state index in [4.69, 9.17) is 0 Å². The van der Waals surface area contributed by atoms with Gasteiger partial charge in [-0.2, -0.15) is 0 Å². The molecule has 29 heavy (non-hydrogen) atoms. The van der Waals surface area contributed by atoms with E-state index in [1.54, 1.807) is 41.7 Å². The van der Waals surface area contributed by atoms with E-state index in [1.165, 1.54) is 12.8 Å². The van der Waals surface area contributed by atoms with Gasteiger partial charge < -0.3 is 4.90 Å². The predicted molar refractivity (Wildman–Crippen MR) is 111 cm³/mol. The Morgan fingerprint density at radius 3 is 2.41 bits per heavy atom. The van der Waals surface area contributed by atoms with Crippen LogP contribution in [-0.2, 0) is 6.54 Å². The summed E-state index contributed by atoms with van der Waals surface area (Å²) < 4.78 is 1.74. The Hall–Kier alpha value is -3.09. The molecule has 1 saturated heterocycles. The molecule has 0 spiro atoms. The standard InChI is InChI=1S/C22H24N6O/c29-20-13-19(17-3-7-23-8-4-17)26-15-28(20)14-16-5-11-27(12-6-16)22-21(18-1-2-18)24-9-10-25-22/h3-4,7-10,13,15-16,18H,1-2,5-6,11-12,14H2. The Balaban J connectivity index is 1.24. The zero-order valence-electron chi connectivity index (χ0n) is 16.3. The van der Waals surface area contributed by atoms with E-state index in [0.29, 0.717) is 24.1 Å². The summed E-state index contributed by atoms with van der Waals surface area (Å²) >= 11 is 0. The molecule has 3 aromatic rings. The molecule has 1 aliphatic carbocycles. The zero-order valence-corrected chi connectivity index (χ0v) is 16.3. The van der Waals surface area contributed by atoms with Gasteiger partial charge >= 0.3 is 0 Å². The Labute approximate surface area is 169 Å². The quantitative estimate of drug-likeness (QED) is 0.669. The molecular weight excluding hydrogens is 364 g/mol. The normalized spacial score (nSPS) is 17.4. The molecule has 2 aliphatic rings. The van der Waals surface area contributed by atoms with Crippen LogP contribution in [0.15, 0.2) is 54.1 Å². The Kier molecular flexibility index (Phi) is 4.79. The summed E-state index contributed by atoms with van der Waals surface area (Å²) in [6.07, 6.45) is 13.2. The first-order valence-electron chi connectivity index (χ1n) is 10.3. The fourth-order valence-corrected chi connectivity index (χ4v) is 4.08. The summed E-state index contributed by atoms with van der Waals surface area (Å²) in [6, 6.07) is 5.35. The van der Waals surface area contributed by atoms with Gasteiger partial charge in [0.2, 0.25) is 0 Å². The molecule has 0 unspecified atom stereocenters. The summed E-state index contributed by atoms with van der Waals surface area (Å²) in [5.41, 5.74) is 2.77. The first kappa shape index (κ1) is 18.0. The number of hydrogen-bond acceptors (Lipinski definition) is 6. The maximum absolute atomic E-state index is 12.6. The molecule has 148 valence electrons. The molecule has 1 saturated carbocycles. The highest BCUT2D eigenvalue weighted by molar-refractivity contribution is 5.57. The lowest BCUT2D eigenvalue weighted by atomic mass is 9.96. The van der Waals surface area contributed by atoms with Gasteiger partial charge in [0, 0.05) is 62.0 Å². The predicted octanol–water partition coefficient (Wildman–Crippen LogP) is 2.89. The summed E-state index contributed by atoms with van der Waals surface area (Å²) in [4.78, 5) is 32.6. The van der Waals surface area contributed by atoms with Crippen molar-refractivity contribution < 1.29 is 0 Å². The molecule has 0 N–H and O–H groups in total. The van der Waals surface area contributed by atoms with Crippen LogP contribution in [0.25, 0.3) is 11.3 Å². The molecule has 7 heteroatoms. The number of rotatable bonds is 5. The molecule has 0 bridgehead atoms. The van der Waals surface area contributed by atoms with Crippen LogP contribution in [0.4, 0.5) is 5.82 Å².